The van der Waals surface area contributed by atoms with E-state index < -0.39 is 0 Å². The fraction of sp³-hybridized carbons (Fsp3) is 0.214. The summed E-state index contributed by atoms with van der Waals surface area (Å²) in [6.07, 6.45) is 3.65. The molecule has 1 aromatic carbocycles. The van der Waals surface area contributed by atoms with Gasteiger partial charge in [-0.1, -0.05) is 41.4 Å². The summed E-state index contributed by atoms with van der Waals surface area (Å²) in [5, 5.41) is 0.414. The summed E-state index contributed by atoms with van der Waals surface area (Å²) in [5.41, 5.74) is 3.88. The molecule has 0 fully saturated rings. The fourth-order valence-corrected chi connectivity index (χ4v) is 2.19. The first kappa shape index (κ1) is 11.4. The van der Waals surface area contributed by atoms with Crippen LogP contribution in [-0.2, 0) is 6.42 Å². The van der Waals surface area contributed by atoms with Gasteiger partial charge in [-0.25, -0.2) is 15.0 Å². The lowest BCUT2D eigenvalue weighted by Crippen LogP contribution is -2.02. The van der Waals surface area contributed by atoms with Gasteiger partial charge in [0.15, 0.2) is 11.0 Å². The molecule has 0 saturated carbocycles. The normalized spacial score (nSPS) is 13.4. The van der Waals surface area contributed by atoms with Crippen molar-refractivity contribution in [3.05, 3.63) is 40.7 Å². The van der Waals surface area contributed by atoms with Gasteiger partial charge < -0.3 is 0 Å². The highest BCUT2D eigenvalue weighted by atomic mass is 35.5. The predicted molar refractivity (Wildman–Crippen MR) is 73.7 cm³/mol. The lowest BCUT2D eigenvalue weighted by Gasteiger charge is -2.11. The SMILES string of the molecule is Cc1ccc(-c2nc3c(nc2Cl)N=CCC3)cc1. The van der Waals surface area contributed by atoms with Crippen LogP contribution < -0.4 is 0 Å². The van der Waals surface area contributed by atoms with Crippen molar-refractivity contribution < 1.29 is 0 Å². The molecule has 0 unspecified atom stereocenters. The number of aryl methyl sites for hydroxylation is 2. The van der Waals surface area contributed by atoms with E-state index in [1.54, 1.807) is 0 Å². The van der Waals surface area contributed by atoms with Crippen LogP contribution in [0.25, 0.3) is 11.3 Å². The Hall–Kier alpha value is -1.74. The number of aliphatic imine (C=N–C) groups is 1. The average Bonchev–Trinajstić information content (AvgIpc) is 2.39. The highest BCUT2D eigenvalue weighted by Crippen LogP contribution is 2.30. The quantitative estimate of drug-likeness (QED) is 0.780. The molecule has 0 atom stereocenters. The Bertz CT molecular complexity index is 618. The van der Waals surface area contributed by atoms with Gasteiger partial charge >= 0.3 is 0 Å². The molecule has 0 amide bonds. The zero-order valence-corrected chi connectivity index (χ0v) is 10.8. The maximum atomic E-state index is 6.19. The first-order valence-corrected chi connectivity index (χ1v) is 6.28. The van der Waals surface area contributed by atoms with E-state index in [4.69, 9.17) is 11.6 Å². The monoisotopic (exact) mass is 257 g/mol. The molecule has 2 heterocycles. The number of rotatable bonds is 1. The second-order valence-corrected chi connectivity index (χ2v) is 4.71. The van der Waals surface area contributed by atoms with Gasteiger partial charge in [0.1, 0.15) is 5.69 Å². The molecule has 0 radical (unpaired) electrons. The molecule has 3 nitrogen and oxygen atoms in total. The van der Waals surface area contributed by atoms with Crippen molar-refractivity contribution in [2.75, 3.05) is 0 Å². The summed E-state index contributed by atoms with van der Waals surface area (Å²) in [4.78, 5) is 13.1. The summed E-state index contributed by atoms with van der Waals surface area (Å²) in [6.45, 7) is 2.05. The minimum Gasteiger partial charge on any atom is -0.246 e. The van der Waals surface area contributed by atoms with Gasteiger partial charge in [-0.15, -0.1) is 0 Å². The van der Waals surface area contributed by atoms with Crippen LogP contribution >= 0.6 is 11.6 Å². The molecular formula is C14H12ClN3. The third kappa shape index (κ3) is 2.02. The van der Waals surface area contributed by atoms with Crippen molar-refractivity contribution in [3.8, 4) is 11.3 Å². The summed E-state index contributed by atoms with van der Waals surface area (Å²) < 4.78 is 0. The zero-order chi connectivity index (χ0) is 12.5. The Kier molecular flexibility index (Phi) is 2.84. The van der Waals surface area contributed by atoms with Gasteiger partial charge in [0.25, 0.3) is 0 Å². The van der Waals surface area contributed by atoms with Gasteiger partial charge in [-0.05, 0) is 19.8 Å². The Morgan fingerprint density at radius 1 is 1.11 bits per heavy atom. The minimum absolute atomic E-state index is 0.414. The summed E-state index contributed by atoms with van der Waals surface area (Å²) in [5.74, 6) is 0.655. The topological polar surface area (TPSA) is 38.1 Å². The van der Waals surface area contributed by atoms with Crippen LogP contribution in [0.5, 0.6) is 0 Å². The Labute approximate surface area is 111 Å². The van der Waals surface area contributed by atoms with E-state index in [1.165, 1.54) is 5.56 Å². The molecule has 3 rings (SSSR count). The molecule has 0 aliphatic carbocycles. The number of hydrogen-bond donors (Lipinski definition) is 0. The van der Waals surface area contributed by atoms with E-state index in [1.807, 2.05) is 30.5 Å². The molecule has 2 aromatic rings. The molecule has 0 N–H and O–H groups in total. The number of fused-ring (bicyclic) bond motifs is 1. The minimum atomic E-state index is 0.414. The predicted octanol–water partition coefficient (Wildman–Crippen LogP) is 3.75. The first-order chi connectivity index (χ1) is 8.74. The highest BCUT2D eigenvalue weighted by Gasteiger charge is 2.14. The smallest absolute Gasteiger partial charge is 0.175 e. The van der Waals surface area contributed by atoms with E-state index >= 15 is 0 Å². The van der Waals surface area contributed by atoms with Gasteiger partial charge in [-0.3, -0.25) is 0 Å². The molecular weight excluding hydrogens is 246 g/mol. The van der Waals surface area contributed by atoms with Crippen molar-refractivity contribution in [2.24, 2.45) is 4.99 Å². The number of halogens is 1. The van der Waals surface area contributed by atoms with Crippen LogP contribution in [0.4, 0.5) is 5.82 Å². The molecule has 0 bridgehead atoms. The van der Waals surface area contributed by atoms with E-state index in [0.29, 0.717) is 11.0 Å². The molecule has 1 aromatic heterocycles. The summed E-state index contributed by atoms with van der Waals surface area (Å²) >= 11 is 6.19. The summed E-state index contributed by atoms with van der Waals surface area (Å²) in [6, 6.07) is 8.13. The van der Waals surface area contributed by atoms with Gasteiger partial charge in [0.2, 0.25) is 0 Å². The molecule has 4 heteroatoms. The Balaban J connectivity index is 2.12. The maximum Gasteiger partial charge on any atom is 0.175 e. The van der Waals surface area contributed by atoms with Crippen LogP contribution in [0.3, 0.4) is 0 Å². The number of hydrogen-bond acceptors (Lipinski definition) is 3. The van der Waals surface area contributed by atoms with E-state index in [2.05, 4.69) is 21.9 Å². The fourth-order valence-electron chi connectivity index (χ4n) is 1.96. The molecule has 18 heavy (non-hydrogen) atoms. The van der Waals surface area contributed by atoms with Crippen LogP contribution in [-0.4, -0.2) is 16.2 Å². The second-order valence-electron chi connectivity index (χ2n) is 4.35. The molecule has 1 aliphatic heterocycles. The molecule has 0 saturated heterocycles. The number of aromatic nitrogens is 2. The largest absolute Gasteiger partial charge is 0.246 e. The van der Waals surface area contributed by atoms with Crippen molar-refractivity contribution in [2.45, 2.75) is 19.8 Å². The van der Waals surface area contributed by atoms with Gasteiger partial charge in [0, 0.05) is 11.8 Å². The van der Waals surface area contributed by atoms with Crippen molar-refractivity contribution in [1.82, 2.24) is 9.97 Å². The van der Waals surface area contributed by atoms with E-state index in [9.17, 15) is 0 Å². The lowest BCUT2D eigenvalue weighted by atomic mass is 10.1. The molecule has 90 valence electrons. The van der Waals surface area contributed by atoms with E-state index in [0.717, 1.165) is 29.8 Å². The Morgan fingerprint density at radius 3 is 2.67 bits per heavy atom. The van der Waals surface area contributed by atoms with Gasteiger partial charge in [-0.2, -0.15) is 0 Å². The third-order valence-electron chi connectivity index (χ3n) is 2.95. The van der Waals surface area contributed by atoms with Crippen LogP contribution in [0.1, 0.15) is 17.7 Å². The number of benzene rings is 1. The van der Waals surface area contributed by atoms with Crippen molar-refractivity contribution in [1.29, 1.82) is 0 Å². The van der Waals surface area contributed by atoms with E-state index in [-0.39, 0.29) is 0 Å². The highest BCUT2D eigenvalue weighted by molar-refractivity contribution is 6.31. The van der Waals surface area contributed by atoms with Gasteiger partial charge in [0.05, 0.1) is 5.69 Å². The lowest BCUT2D eigenvalue weighted by molar-refractivity contribution is 0.935. The standard InChI is InChI=1S/C14H12ClN3/c1-9-4-6-10(7-5-9)12-13(15)18-14-11(17-12)3-2-8-16-14/h4-8H,2-3H2,1H3. The van der Waals surface area contributed by atoms with Crippen LogP contribution in [0, 0.1) is 6.92 Å². The maximum absolute atomic E-state index is 6.19. The van der Waals surface area contributed by atoms with Crippen molar-refractivity contribution in [3.63, 3.8) is 0 Å². The second kappa shape index (κ2) is 4.50. The summed E-state index contributed by atoms with van der Waals surface area (Å²) in [7, 11) is 0. The first-order valence-electron chi connectivity index (χ1n) is 5.90. The Morgan fingerprint density at radius 2 is 1.89 bits per heavy atom. The van der Waals surface area contributed by atoms with Crippen molar-refractivity contribution >= 4 is 23.6 Å². The zero-order valence-electron chi connectivity index (χ0n) is 10.0. The number of nitrogens with zero attached hydrogens (tertiary/aromatic N) is 3. The molecule has 0 spiro atoms. The molecule has 1 aliphatic rings. The third-order valence-corrected chi connectivity index (χ3v) is 3.22. The van der Waals surface area contributed by atoms with Crippen LogP contribution in [0.15, 0.2) is 29.3 Å². The van der Waals surface area contributed by atoms with Crippen LogP contribution in [0.2, 0.25) is 5.15 Å². The average molecular weight is 258 g/mol.